The Hall–Kier alpha value is -1.41. The van der Waals surface area contributed by atoms with Gasteiger partial charge in [0.25, 0.3) is 0 Å². The standard InChI is InChI=1S/C14H9BrO/c15-14(9-16)12-7-3-1-5-10(12)11-6-2-4-8-13(11)14/h1-9H. The van der Waals surface area contributed by atoms with Gasteiger partial charge in [-0.1, -0.05) is 64.5 Å². The van der Waals surface area contributed by atoms with Crippen molar-refractivity contribution in [3.8, 4) is 11.1 Å². The zero-order chi connectivity index (χ0) is 11.2. The van der Waals surface area contributed by atoms with Gasteiger partial charge < -0.3 is 4.79 Å². The Morgan fingerprint density at radius 3 is 1.75 bits per heavy atom. The maximum Gasteiger partial charge on any atom is 0.145 e. The fraction of sp³-hybridized carbons (Fsp3) is 0.0714. The van der Waals surface area contributed by atoms with Crippen molar-refractivity contribution in [1.82, 2.24) is 0 Å². The van der Waals surface area contributed by atoms with Gasteiger partial charge >= 0.3 is 0 Å². The summed E-state index contributed by atoms with van der Waals surface area (Å²) < 4.78 is -0.666. The summed E-state index contributed by atoms with van der Waals surface area (Å²) in [6.07, 6.45) is 0.970. The number of hydrogen-bond donors (Lipinski definition) is 0. The van der Waals surface area contributed by atoms with Gasteiger partial charge in [-0.05, 0) is 22.3 Å². The van der Waals surface area contributed by atoms with Crippen LogP contribution in [0.4, 0.5) is 0 Å². The van der Waals surface area contributed by atoms with E-state index >= 15 is 0 Å². The monoisotopic (exact) mass is 272 g/mol. The molecule has 2 aromatic carbocycles. The van der Waals surface area contributed by atoms with E-state index in [0.29, 0.717) is 0 Å². The molecule has 0 bridgehead atoms. The third kappa shape index (κ3) is 1.08. The van der Waals surface area contributed by atoms with Crippen LogP contribution in [0.25, 0.3) is 11.1 Å². The number of benzene rings is 2. The average molecular weight is 273 g/mol. The Kier molecular flexibility index (Phi) is 2.01. The molecule has 0 aromatic heterocycles. The van der Waals surface area contributed by atoms with Crippen molar-refractivity contribution in [3.63, 3.8) is 0 Å². The molecule has 3 rings (SSSR count). The van der Waals surface area contributed by atoms with Gasteiger partial charge in [0.15, 0.2) is 0 Å². The molecule has 1 aliphatic carbocycles. The molecule has 2 aromatic rings. The van der Waals surface area contributed by atoms with Crippen molar-refractivity contribution in [1.29, 1.82) is 0 Å². The molecule has 1 nitrogen and oxygen atoms in total. The van der Waals surface area contributed by atoms with E-state index in [1.54, 1.807) is 0 Å². The van der Waals surface area contributed by atoms with E-state index in [9.17, 15) is 4.79 Å². The van der Waals surface area contributed by atoms with Gasteiger partial charge in [-0.15, -0.1) is 0 Å². The van der Waals surface area contributed by atoms with Crippen LogP contribution in [-0.2, 0) is 9.12 Å². The molecule has 0 heterocycles. The van der Waals surface area contributed by atoms with E-state index in [2.05, 4.69) is 28.1 Å². The van der Waals surface area contributed by atoms with Crippen LogP contribution >= 0.6 is 15.9 Å². The van der Waals surface area contributed by atoms with Crippen LogP contribution in [0, 0.1) is 0 Å². The van der Waals surface area contributed by atoms with Gasteiger partial charge in [-0.25, -0.2) is 0 Å². The predicted octanol–water partition coefficient (Wildman–Crippen LogP) is 3.50. The number of halogens is 1. The highest BCUT2D eigenvalue weighted by Gasteiger charge is 2.40. The first-order chi connectivity index (χ1) is 7.77. The van der Waals surface area contributed by atoms with E-state index in [1.807, 2.05) is 36.4 Å². The molecular weight excluding hydrogens is 264 g/mol. The van der Waals surface area contributed by atoms with Gasteiger partial charge in [0.2, 0.25) is 0 Å². The second-order valence-corrected chi connectivity index (χ2v) is 5.17. The summed E-state index contributed by atoms with van der Waals surface area (Å²) >= 11 is 3.57. The zero-order valence-corrected chi connectivity index (χ0v) is 10.1. The number of rotatable bonds is 1. The second-order valence-electron chi connectivity index (χ2n) is 3.92. The van der Waals surface area contributed by atoms with E-state index in [0.717, 1.165) is 28.5 Å². The number of carbonyl (C=O) groups excluding carboxylic acids is 1. The highest BCUT2D eigenvalue weighted by atomic mass is 79.9. The topological polar surface area (TPSA) is 17.1 Å². The summed E-state index contributed by atoms with van der Waals surface area (Å²) in [6.45, 7) is 0. The van der Waals surface area contributed by atoms with Crippen LogP contribution in [0.15, 0.2) is 48.5 Å². The van der Waals surface area contributed by atoms with Gasteiger partial charge in [0.1, 0.15) is 10.6 Å². The Bertz CT molecular complexity index is 529. The van der Waals surface area contributed by atoms with E-state index in [-0.39, 0.29) is 0 Å². The summed E-state index contributed by atoms with van der Waals surface area (Å²) in [5, 5.41) is 0. The molecule has 0 spiro atoms. The molecule has 1 aliphatic rings. The number of fused-ring (bicyclic) bond motifs is 3. The summed E-state index contributed by atoms with van der Waals surface area (Å²) in [6, 6.07) is 16.0. The van der Waals surface area contributed by atoms with Crippen molar-refractivity contribution < 1.29 is 4.79 Å². The van der Waals surface area contributed by atoms with Crippen LogP contribution < -0.4 is 0 Å². The quantitative estimate of drug-likeness (QED) is 0.574. The van der Waals surface area contributed by atoms with Gasteiger partial charge in [0, 0.05) is 0 Å². The Labute approximate surface area is 102 Å². The van der Waals surface area contributed by atoms with E-state index in [4.69, 9.17) is 0 Å². The van der Waals surface area contributed by atoms with Crippen molar-refractivity contribution in [3.05, 3.63) is 59.7 Å². The van der Waals surface area contributed by atoms with Crippen molar-refractivity contribution in [2.24, 2.45) is 0 Å². The van der Waals surface area contributed by atoms with E-state index in [1.165, 1.54) is 0 Å². The van der Waals surface area contributed by atoms with E-state index < -0.39 is 4.32 Å². The summed E-state index contributed by atoms with van der Waals surface area (Å²) in [4.78, 5) is 11.4. The highest BCUT2D eigenvalue weighted by Crippen LogP contribution is 2.51. The lowest BCUT2D eigenvalue weighted by molar-refractivity contribution is -0.108. The molecular formula is C14H9BrO. The first-order valence-electron chi connectivity index (χ1n) is 5.12. The molecule has 0 aliphatic heterocycles. The molecule has 2 heteroatoms. The first-order valence-corrected chi connectivity index (χ1v) is 5.91. The number of alkyl halides is 1. The minimum absolute atomic E-state index is 0.666. The molecule has 0 amide bonds. The predicted molar refractivity (Wildman–Crippen MR) is 67.6 cm³/mol. The van der Waals surface area contributed by atoms with Crippen LogP contribution in [-0.4, -0.2) is 6.29 Å². The largest absolute Gasteiger partial charge is 0.301 e. The third-order valence-electron chi connectivity index (χ3n) is 3.09. The van der Waals surface area contributed by atoms with Crippen LogP contribution in [0.5, 0.6) is 0 Å². The zero-order valence-electron chi connectivity index (χ0n) is 8.48. The maximum atomic E-state index is 11.4. The molecule has 0 N–H and O–H groups in total. The fourth-order valence-electron chi connectivity index (χ4n) is 2.34. The van der Waals surface area contributed by atoms with Gasteiger partial charge in [0.05, 0.1) is 0 Å². The number of carbonyl (C=O) groups is 1. The molecule has 78 valence electrons. The smallest absolute Gasteiger partial charge is 0.145 e. The minimum Gasteiger partial charge on any atom is -0.301 e. The van der Waals surface area contributed by atoms with Gasteiger partial charge in [-0.2, -0.15) is 0 Å². The van der Waals surface area contributed by atoms with Crippen LogP contribution in [0.1, 0.15) is 11.1 Å². The summed E-state index contributed by atoms with van der Waals surface area (Å²) in [5.41, 5.74) is 4.35. The number of aldehydes is 1. The molecule has 0 saturated carbocycles. The van der Waals surface area contributed by atoms with Crippen molar-refractivity contribution in [2.75, 3.05) is 0 Å². The third-order valence-corrected chi connectivity index (χ3v) is 4.13. The molecule has 0 radical (unpaired) electrons. The second kappa shape index (κ2) is 3.29. The maximum absolute atomic E-state index is 11.4. The summed E-state index contributed by atoms with van der Waals surface area (Å²) in [7, 11) is 0. The fourth-order valence-corrected chi connectivity index (χ4v) is 3.03. The minimum atomic E-state index is -0.666. The SMILES string of the molecule is O=CC1(Br)c2ccccc2-c2ccccc21. The molecule has 0 fully saturated rings. The highest BCUT2D eigenvalue weighted by molar-refractivity contribution is 9.10. The molecule has 0 atom stereocenters. The lowest BCUT2D eigenvalue weighted by Crippen LogP contribution is -2.17. The van der Waals surface area contributed by atoms with Crippen molar-refractivity contribution >= 4 is 22.2 Å². The lowest BCUT2D eigenvalue weighted by atomic mass is 9.99. The normalized spacial score (nSPS) is 15.3. The van der Waals surface area contributed by atoms with Gasteiger partial charge in [-0.3, -0.25) is 0 Å². The first kappa shape index (κ1) is 9.79. The molecule has 16 heavy (non-hydrogen) atoms. The molecule has 0 unspecified atom stereocenters. The Morgan fingerprint density at radius 1 is 0.875 bits per heavy atom. The van der Waals surface area contributed by atoms with Crippen LogP contribution in [0.3, 0.4) is 0 Å². The Morgan fingerprint density at radius 2 is 1.31 bits per heavy atom. The Balaban J connectivity index is 2.43. The lowest BCUT2D eigenvalue weighted by Gasteiger charge is -2.16. The van der Waals surface area contributed by atoms with Crippen LogP contribution in [0.2, 0.25) is 0 Å². The number of hydrogen-bond acceptors (Lipinski definition) is 1. The van der Waals surface area contributed by atoms with Crippen molar-refractivity contribution in [2.45, 2.75) is 4.32 Å². The average Bonchev–Trinajstić information content (AvgIpc) is 2.62. The molecule has 0 saturated heterocycles. The summed E-state index contributed by atoms with van der Waals surface area (Å²) in [5.74, 6) is 0.